The maximum atomic E-state index is 6.82. The van der Waals surface area contributed by atoms with Gasteiger partial charge in [0.2, 0.25) is 0 Å². The molecule has 6 heteroatoms. The maximum absolute atomic E-state index is 6.82. The minimum absolute atomic E-state index is 0.230. The summed E-state index contributed by atoms with van der Waals surface area (Å²) < 4.78 is 33.2. The van der Waals surface area contributed by atoms with Crippen LogP contribution in [0.3, 0.4) is 0 Å². The Morgan fingerprint density at radius 2 is 0.953 bits per heavy atom. The van der Waals surface area contributed by atoms with Gasteiger partial charge in [-0.05, 0) is 34.4 Å². The summed E-state index contributed by atoms with van der Waals surface area (Å²) in [6, 6.07) is 41.0. The first-order chi connectivity index (χ1) is 21.3. The van der Waals surface area contributed by atoms with Gasteiger partial charge in [0.25, 0.3) is 0 Å². The largest absolute Gasteiger partial charge is 0.374 e. The highest BCUT2D eigenvalue weighted by Crippen LogP contribution is 2.35. The lowest BCUT2D eigenvalue weighted by Gasteiger charge is -2.46. The van der Waals surface area contributed by atoms with Crippen LogP contribution in [0.25, 0.3) is 0 Å². The molecule has 5 atom stereocenters. The van der Waals surface area contributed by atoms with Crippen molar-refractivity contribution in [1.29, 1.82) is 0 Å². The molecule has 226 valence electrons. The molecule has 43 heavy (non-hydrogen) atoms. The van der Waals surface area contributed by atoms with E-state index in [1.54, 1.807) is 11.8 Å². The summed E-state index contributed by atoms with van der Waals surface area (Å²) in [5.41, 5.74) is 4.20. The van der Waals surface area contributed by atoms with Gasteiger partial charge in [-0.2, -0.15) is 0 Å². The summed E-state index contributed by atoms with van der Waals surface area (Å²) in [4.78, 5) is 0. The van der Waals surface area contributed by atoms with Crippen LogP contribution in [-0.4, -0.2) is 42.2 Å². The number of hydrogen-bond acceptors (Lipinski definition) is 6. The molecule has 1 aliphatic rings. The SMILES string of the molecule is CCCS[C@H]1O[C@H](COCc2ccccc2)[C@@H](OCc2ccccc2)[C@H](OCc2ccccc2)[C@H]1OCc1ccccc1. The summed E-state index contributed by atoms with van der Waals surface area (Å²) in [5, 5.41) is 0. The number of ether oxygens (including phenoxy) is 5. The van der Waals surface area contributed by atoms with Crippen molar-refractivity contribution in [3.63, 3.8) is 0 Å². The molecule has 0 aliphatic carbocycles. The summed E-state index contributed by atoms with van der Waals surface area (Å²) in [5.74, 6) is 0.953. The van der Waals surface area contributed by atoms with Crippen molar-refractivity contribution in [2.24, 2.45) is 0 Å². The van der Waals surface area contributed by atoms with Crippen molar-refractivity contribution in [1.82, 2.24) is 0 Å². The summed E-state index contributed by atoms with van der Waals surface area (Å²) in [6.07, 6.45) is -0.417. The third kappa shape index (κ3) is 9.77. The quantitative estimate of drug-likeness (QED) is 0.131. The number of thioether (sulfide) groups is 1. The Morgan fingerprint density at radius 1 is 0.535 bits per heavy atom. The van der Waals surface area contributed by atoms with Gasteiger partial charge in [-0.25, -0.2) is 0 Å². The molecule has 1 aliphatic heterocycles. The van der Waals surface area contributed by atoms with Crippen LogP contribution in [-0.2, 0) is 50.1 Å². The molecule has 0 saturated carbocycles. The third-order valence-corrected chi connectivity index (χ3v) is 8.68. The van der Waals surface area contributed by atoms with Crippen LogP contribution >= 0.6 is 11.8 Å². The molecule has 4 aromatic carbocycles. The molecule has 1 fully saturated rings. The van der Waals surface area contributed by atoms with E-state index < -0.39 is 6.10 Å². The van der Waals surface area contributed by atoms with Gasteiger partial charge in [-0.3, -0.25) is 0 Å². The second-order valence-electron chi connectivity index (χ2n) is 10.7. The van der Waals surface area contributed by atoms with Crippen LogP contribution in [0.1, 0.15) is 35.6 Å². The molecular weight excluding hydrogens is 556 g/mol. The second kappa shape index (κ2) is 17.4. The number of benzene rings is 4. The first-order valence-corrected chi connectivity index (χ1v) is 16.2. The molecule has 0 unspecified atom stereocenters. The number of rotatable bonds is 16. The Hall–Kier alpha value is -2.97. The summed E-state index contributed by atoms with van der Waals surface area (Å²) >= 11 is 1.78. The van der Waals surface area contributed by atoms with E-state index in [1.165, 1.54) is 0 Å². The van der Waals surface area contributed by atoms with E-state index in [0.717, 1.165) is 34.4 Å². The standard InChI is InChI=1S/C37H42O5S/c1-2-23-43-37-36(41-27-32-21-13-6-14-22-32)35(40-26-31-19-11-5-12-20-31)34(39-25-30-17-9-4-10-18-30)33(42-37)28-38-24-29-15-7-3-8-16-29/h3-22,33-37H,2,23-28H2,1H3/t33-,34-,35+,36-,37-/m1/s1. The van der Waals surface area contributed by atoms with Gasteiger partial charge in [0.15, 0.2) is 0 Å². The molecule has 5 nitrogen and oxygen atoms in total. The molecule has 0 amide bonds. The van der Waals surface area contributed by atoms with E-state index in [0.29, 0.717) is 33.0 Å². The highest BCUT2D eigenvalue weighted by Gasteiger charge is 2.48. The van der Waals surface area contributed by atoms with Crippen molar-refractivity contribution < 1.29 is 23.7 Å². The Labute approximate surface area is 260 Å². The molecular formula is C37H42O5S. The Bertz CT molecular complexity index is 1290. The van der Waals surface area contributed by atoms with E-state index in [-0.39, 0.29) is 23.7 Å². The van der Waals surface area contributed by atoms with Gasteiger partial charge in [-0.1, -0.05) is 128 Å². The lowest BCUT2D eigenvalue weighted by Crippen LogP contribution is -2.60. The zero-order valence-electron chi connectivity index (χ0n) is 24.8. The van der Waals surface area contributed by atoms with E-state index in [1.807, 2.05) is 72.8 Å². The van der Waals surface area contributed by atoms with Crippen LogP contribution in [0.15, 0.2) is 121 Å². The Kier molecular flexibility index (Phi) is 12.7. The average Bonchev–Trinajstić information content (AvgIpc) is 3.07. The van der Waals surface area contributed by atoms with Crippen molar-refractivity contribution in [2.45, 2.75) is 69.6 Å². The molecule has 0 N–H and O–H groups in total. The van der Waals surface area contributed by atoms with Gasteiger partial charge in [-0.15, -0.1) is 11.8 Å². The Balaban J connectivity index is 1.41. The topological polar surface area (TPSA) is 46.2 Å². The van der Waals surface area contributed by atoms with E-state index >= 15 is 0 Å². The molecule has 0 bridgehead atoms. The van der Waals surface area contributed by atoms with Crippen LogP contribution in [0, 0.1) is 0 Å². The van der Waals surface area contributed by atoms with Gasteiger partial charge in [0.05, 0.1) is 33.0 Å². The maximum Gasteiger partial charge on any atom is 0.132 e. The summed E-state index contributed by atoms with van der Waals surface area (Å²) in [7, 11) is 0. The Morgan fingerprint density at radius 3 is 1.42 bits per heavy atom. The molecule has 1 saturated heterocycles. The normalized spacial score (nSPS) is 21.9. The molecule has 4 aromatic rings. The fourth-order valence-electron chi connectivity index (χ4n) is 5.12. The van der Waals surface area contributed by atoms with Crippen molar-refractivity contribution in [2.75, 3.05) is 12.4 Å². The smallest absolute Gasteiger partial charge is 0.132 e. The molecule has 0 radical (unpaired) electrons. The first-order valence-electron chi connectivity index (χ1n) is 15.2. The third-order valence-electron chi connectivity index (χ3n) is 7.33. The van der Waals surface area contributed by atoms with E-state index in [2.05, 4.69) is 55.5 Å². The molecule has 1 heterocycles. The van der Waals surface area contributed by atoms with Gasteiger partial charge >= 0.3 is 0 Å². The van der Waals surface area contributed by atoms with Gasteiger partial charge < -0.3 is 23.7 Å². The minimum atomic E-state index is -0.404. The minimum Gasteiger partial charge on any atom is -0.374 e. The molecule has 5 rings (SSSR count). The van der Waals surface area contributed by atoms with Crippen molar-refractivity contribution >= 4 is 11.8 Å². The molecule has 0 spiro atoms. The fraction of sp³-hybridized carbons (Fsp3) is 0.351. The predicted molar refractivity (Wildman–Crippen MR) is 173 cm³/mol. The second-order valence-corrected chi connectivity index (χ2v) is 11.9. The van der Waals surface area contributed by atoms with Crippen molar-refractivity contribution in [3.05, 3.63) is 144 Å². The van der Waals surface area contributed by atoms with Crippen LogP contribution in [0.4, 0.5) is 0 Å². The molecule has 0 aromatic heterocycles. The number of hydrogen-bond donors (Lipinski definition) is 0. The van der Waals surface area contributed by atoms with Crippen LogP contribution < -0.4 is 0 Å². The first kappa shape index (κ1) is 31.5. The summed E-state index contributed by atoms with van der Waals surface area (Å²) in [6.45, 7) is 4.42. The van der Waals surface area contributed by atoms with E-state index in [9.17, 15) is 0 Å². The predicted octanol–water partition coefficient (Wildman–Crippen LogP) is 7.83. The van der Waals surface area contributed by atoms with Gasteiger partial charge in [0, 0.05) is 0 Å². The van der Waals surface area contributed by atoms with Crippen molar-refractivity contribution in [3.8, 4) is 0 Å². The van der Waals surface area contributed by atoms with Gasteiger partial charge in [0.1, 0.15) is 29.9 Å². The highest BCUT2D eigenvalue weighted by atomic mass is 32.2. The van der Waals surface area contributed by atoms with E-state index in [4.69, 9.17) is 23.7 Å². The monoisotopic (exact) mass is 598 g/mol. The lowest BCUT2D eigenvalue weighted by atomic mass is 9.98. The lowest BCUT2D eigenvalue weighted by molar-refractivity contribution is -0.254. The fourth-order valence-corrected chi connectivity index (χ4v) is 6.23. The zero-order chi connectivity index (χ0) is 29.5. The van der Waals surface area contributed by atoms with Crippen LogP contribution in [0.2, 0.25) is 0 Å². The highest BCUT2D eigenvalue weighted by molar-refractivity contribution is 7.99. The van der Waals surface area contributed by atoms with Crippen LogP contribution in [0.5, 0.6) is 0 Å². The zero-order valence-corrected chi connectivity index (χ0v) is 25.6. The average molecular weight is 599 g/mol.